The maximum atomic E-state index is 14.0. The second-order valence-corrected chi connectivity index (χ2v) is 17.0. The third-order valence-electron chi connectivity index (χ3n) is 12.8. The number of carbonyl (C=O) groups is 2. The number of hydrogen-bond donors (Lipinski definition) is 5. The molecule has 5 aromatic carbocycles. The van der Waals surface area contributed by atoms with Crippen LogP contribution in [0.15, 0.2) is 138 Å². The second-order valence-electron chi connectivity index (χ2n) is 17.0. The maximum absolute atomic E-state index is 14.0. The van der Waals surface area contributed by atoms with Gasteiger partial charge in [0, 0.05) is 43.2 Å². The molecule has 0 spiro atoms. The van der Waals surface area contributed by atoms with Gasteiger partial charge in [-0.1, -0.05) is 103 Å². The highest BCUT2D eigenvalue weighted by atomic mass is 16.5. The molecule has 1 amide bonds. The van der Waals surface area contributed by atoms with Crippen LogP contribution in [-0.2, 0) is 28.1 Å². The molecule has 8 rings (SSSR count). The number of likely N-dealkylation sites (tertiary alicyclic amines) is 2. The molecule has 0 aliphatic carbocycles. The summed E-state index contributed by atoms with van der Waals surface area (Å²) in [6, 6.07) is 40.9. The molecule has 2 atom stereocenters. The Bertz CT molecular complexity index is 2530. The number of aromatic hydroxyl groups is 1. The summed E-state index contributed by atoms with van der Waals surface area (Å²) in [7, 11) is 0. The van der Waals surface area contributed by atoms with Gasteiger partial charge in [-0.3, -0.25) is 14.5 Å². The van der Waals surface area contributed by atoms with E-state index in [1.54, 1.807) is 30.3 Å². The maximum Gasteiger partial charge on any atom is 0.347 e. The zero-order valence-electron chi connectivity index (χ0n) is 35.5. The smallest absolute Gasteiger partial charge is 0.347 e. The highest BCUT2D eigenvalue weighted by Crippen LogP contribution is 2.36. The molecule has 3 heterocycles. The number of esters is 1. The van der Waals surface area contributed by atoms with Gasteiger partial charge >= 0.3 is 5.97 Å². The SMILES string of the molecule is O=C(c1ccc(CCNCC(O)c2ccc(O)c3[nH]c(=O)ccc23)cc1)N1CCC(c2cccc(C(O)(C(=O)OCC3CCN(Cc4ccccc4)CC3)c3ccccc3)c2)CC1. The summed E-state index contributed by atoms with van der Waals surface area (Å²) in [6.45, 7) is 5.09. The van der Waals surface area contributed by atoms with Crippen molar-refractivity contribution in [3.8, 4) is 5.75 Å². The van der Waals surface area contributed by atoms with Gasteiger partial charge in [-0.15, -0.1) is 0 Å². The van der Waals surface area contributed by atoms with Crippen LogP contribution in [0, 0.1) is 5.92 Å². The van der Waals surface area contributed by atoms with Gasteiger partial charge in [0.25, 0.3) is 5.91 Å². The molecule has 2 saturated heterocycles. The van der Waals surface area contributed by atoms with Crippen LogP contribution in [0.1, 0.15) is 81.4 Å². The molecule has 0 bridgehead atoms. The number of aromatic nitrogens is 1. The summed E-state index contributed by atoms with van der Waals surface area (Å²) in [5.41, 5.74) is 3.54. The fourth-order valence-corrected chi connectivity index (χ4v) is 9.09. The minimum atomic E-state index is -1.97. The van der Waals surface area contributed by atoms with E-state index in [0.29, 0.717) is 59.2 Å². The van der Waals surface area contributed by atoms with Gasteiger partial charge < -0.3 is 35.3 Å². The molecular weight excluding hydrogens is 793 g/mol. The number of fused-ring (bicyclic) bond motifs is 1. The Hall–Kier alpha value is -6.11. The minimum Gasteiger partial charge on any atom is -0.506 e. The molecule has 2 fully saturated rings. The zero-order valence-corrected chi connectivity index (χ0v) is 35.5. The largest absolute Gasteiger partial charge is 0.506 e. The molecule has 1 aromatic heterocycles. The van der Waals surface area contributed by atoms with Crippen molar-refractivity contribution in [2.45, 2.75) is 56.3 Å². The van der Waals surface area contributed by atoms with E-state index in [-0.39, 0.29) is 42.2 Å². The van der Waals surface area contributed by atoms with E-state index in [1.807, 2.05) is 71.6 Å². The number of phenols is 1. The summed E-state index contributed by atoms with van der Waals surface area (Å²) in [6.07, 6.45) is 3.20. The normalized spacial score (nSPS) is 16.7. The van der Waals surface area contributed by atoms with Crippen molar-refractivity contribution in [1.29, 1.82) is 0 Å². The first-order valence-electron chi connectivity index (χ1n) is 22.1. The number of H-pyrrole nitrogens is 1. The van der Waals surface area contributed by atoms with Gasteiger partial charge in [-0.05, 0) is 121 Å². The minimum absolute atomic E-state index is 0.0134. The van der Waals surface area contributed by atoms with Gasteiger partial charge in [-0.2, -0.15) is 0 Å². The molecule has 2 unspecified atom stereocenters. The topological polar surface area (TPSA) is 155 Å². The lowest BCUT2D eigenvalue weighted by Gasteiger charge is -2.34. The average molecular weight is 849 g/mol. The molecule has 2 aliphatic heterocycles. The van der Waals surface area contributed by atoms with Crippen molar-refractivity contribution in [2.75, 3.05) is 45.9 Å². The number of aliphatic hydroxyl groups is 2. The summed E-state index contributed by atoms with van der Waals surface area (Å²) >= 11 is 0. The average Bonchev–Trinajstić information content (AvgIpc) is 3.33. The van der Waals surface area contributed by atoms with Gasteiger partial charge in [0.1, 0.15) is 5.75 Å². The Kier molecular flexibility index (Phi) is 13.8. The molecule has 326 valence electrons. The van der Waals surface area contributed by atoms with E-state index in [4.69, 9.17) is 4.74 Å². The molecule has 0 saturated carbocycles. The molecular formula is C52H56N4O7. The van der Waals surface area contributed by atoms with Crippen LogP contribution in [0.2, 0.25) is 0 Å². The van der Waals surface area contributed by atoms with E-state index in [9.17, 15) is 29.7 Å². The first-order chi connectivity index (χ1) is 30.7. The third-order valence-corrected chi connectivity index (χ3v) is 12.8. The molecule has 63 heavy (non-hydrogen) atoms. The second kappa shape index (κ2) is 19.9. The third kappa shape index (κ3) is 10.2. The van der Waals surface area contributed by atoms with Crippen molar-refractivity contribution in [3.63, 3.8) is 0 Å². The molecule has 0 radical (unpaired) electrons. The number of nitrogens with zero attached hydrogens (tertiary/aromatic N) is 2. The number of amides is 1. The summed E-state index contributed by atoms with van der Waals surface area (Å²) < 4.78 is 5.97. The predicted octanol–water partition coefficient (Wildman–Crippen LogP) is 6.81. The van der Waals surface area contributed by atoms with E-state index < -0.39 is 17.7 Å². The molecule has 11 heteroatoms. The van der Waals surface area contributed by atoms with E-state index >= 15 is 0 Å². The lowest BCUT2D eigenvalue weighted by molar-refractivity contribution is -0.164. The number of phenolic OH excluding ortho intramolecular Hbond substituents is 1. The Morgan fingerprint density at radius 3 is 2.21 bits per heavy atom. The Morgan fingerprint density at radius 2 is 1.48 bits per heavy atom. The highest BCUT2D eigenvalue weighted by Gasteiger charge is 2.42. The molecule has 11 nitrogen and oxygen atoms in total. The van der Waals surface area contributed by atoms with Crippen LogP contribution >= 0.6 is 0 Å². The quantitative estimate of drug-likeness (QED) is 0.0554. The van der Waals surface area contributed by atoms with Crippen molar-refractivity contribution in [2.24, 2.45) is 5.92 Å². The monoisotopic (exact) mass is 848 g/mol. The number of hydrogen-bond acceptors (Lipinski definition) is 9. The Labute approximate surface area is 368 Å². The Balaban J connectivity index is 0.827. The van der Waals surface area contributed by atoms with Crippen LogP contribution in [0.4, 0.5) is 0 Å². The van der Waals surface area contributed by atoms with Gasteiger partial charge in [0.15, 0.2) is 0 Å². The predicted molar refractivity (Wildman–Crippen MR) is 243 cm³/mol. The standard InChI is InChI=1S/C52H56N4O7/c57-46-20-18-44(45-19-21-48(59)54-49(45)46)47(58)33-53-27-22-36-14-16-40(17-15-36)50(60)56-30-25-39(26-31-56)41-10-7-13-43(32-41)52(62,42-11-5-2-6-12-42)51(61)63-35-38-23-28-55(29-24-38)34-37-8-3-1-4-9-37/h1-21,32,38-39,47,53,57-58,62H,22-31,33-35H2,(H,54,59). The van der Waals surface area contributed by atoms with Crippen LogP contribution < -0.4 is 10.9 Å². The summed E-state index contributed by atoms with van der Waals surface area (Å²) in [5, 5.41) is 37.2. The highest BCUT2D eigenvalue weighted by molar-refractivity contribution is 5.94. The van der Waals surface area contributed by atoms with Crippen molar-refractivity contribution >= 4 is 22.8 Å². The van der Waals surface area contributed by atoms with Crippen LogP contribution in [-0.4, -0.2) is 87.9 Å². The first-order valence-corrected chi connectivity index (χ1v) is 22.1. The molecule has 6 aromatic rings. The number of rotatable bonds is 15. The van der Waals surface area contributed by atoms with Crippen LogP contribution in [0.25, 0.3) is 10.9 Å². The fourth-order valence-electron chi connectivity index (χ4n) is 9.09. The number of nitrogens with one attached hydrogen (secondary N) is 2. The number of benzene rings is 5. The summed E-state index contributed by atoms with van der Waals surface area (Å²) in [4.78, 5) is 46.3. The van der Waals surface area contributed by atoms with Crippen LogP contribution in [0.3, 0.4) is 0 Å². The lowest BCUT2D eigenvalue weighted by atomic mass is 9.82. The summed E-state index contributed by atoms with van der Waals surface area (Å²) in [5.74, 6) is -0.355. The number of pyridine rings is 1. The number of aromatic amines is 1. The van der Waals surface area contributed by atoms with Crippen molar-refractivity contribution < 1.29 is 29.6 Å². The van der Waals surface area contributed by atoms with E-state index in [1.165, 1.54) is 17.7 Å². The van der Waals surface area contributed by atoms with Gasteiger partial charge in [0.05, 0.1) is 18.2 Å². The van der Waals surface area contributed by atoms with Gasteiger partial charge in [-0.25, -0.2) is 4.79 Å². The Morgan fingerprint density at radius 1 is 0.778 bits per heavy atom. The number of ether oxygens (including phenoxy) is 1. The van der Waals surface area contributed by atoms with Crippen LogP contribution in [0.5, 0.6) is 5.75 Å². The van der Waals surface area contributed by atoms with Crippen molar-refractivity contribution in [3.05, 3.63) is 183 Å². The van der Waals surface area contributed by atoms with E-state index in [0.717, 1.165) is 56.4 Å². The number of aliphatic hydroxyl groups excluding tert-OH is 1. The molecule has 5 N–H and O–H groups in total. The number of piperidine rings is 2. The van der Waals surface area contributed by atoms with Gasteiger partial charge in [0.2, 0.25) is 11.2 Å². The van der Waals surface area contributed by atoms with Crippen molar-refractivity contribution in [1.82, 2.24) is 20.1 Å². The molecule has 2 aliphatic rings. The zero-order chi connectivity index (χ0) is 43.8. The first kappa shape index (κ1) is 43.5. The lowest BCUT2D eigenvalue weighted by Crippen LogP contribution is -2.41. The van der Waals surface area contributed by atoms with E-state index in [2.05, 4.69) is 39.5 Å². The fraction of sp³-hybridized carbons (Fsp3) is 0.327. The number of carbonyl (C=O) groups excluding carboxylic acids is 2.